The Bertz CT molecular complexity index is 299. The molecule has 3 nitrogen and oxygen atoms in total. The molecule has 1 aromatic rings. The average molecular weight is 208 g/mol. The Morgan fingerprint density at radius 2 is 2.00 bits per heavy atom. The van der Waals surface area contributed by atoms with E-state index in [4.69, 9.17) is 10.8 Å². The molecule has 15 heavy (non-hydrogen) atoms. The summed E-state index contributed by atoms with van der Waals surface area (Å²) in [7, 11) is 0. The second-order valence-electron chi connectivity index (χ2n) is 4.07. The SMILES string of the molecule is CC(C)c1ccccc1NCC(N)CO. The molecule has 1 aromatic carbocycles. The van der Waals surface area contributed by atoms with Gasteiger partial charge in [-0.2, -0.15) is 0 Å². The first kappa shape index (κ1) is 12.0. The van der Waals surface area contributed by atoms with Gasteiger partial charge in [0.2, 0.25) is 0 Å². The number of aliphatic hydroxyl groups excluding tert-OH is 1. The maximum absolute atomic E-state index is 8.83. The molecule has 1 unspecified atom stereocenters. The van der Waals surface area contributed by atoms with Gasteiger partial charge in [-0.15, -0.1) is 0 Å². The monoisotopic (exact) mass is 208 g/mol. The molecule has 84 valence electrons. The maximum Gasteiger partial charge on any atom is 0.0599 e. The van der Waals surface area contributed by atoms with Gasteiger partial charge in [-0.3, -0.25) is 0 Å². The highest BCUT2D eigenvalue weighted by Crippen LogP contribution is 2.23. The summed E-state index contributed by atoms with van der Waals surface area (Å²) in [4.78, 5) is 0. The molecule has 3 heteroatoms. The minimum absolute atomic E-state index is 0.0108. The zero-order chi connectivity index (χ0) is 11.3. The maximum atomic E-state index is 8.83. The molecule has 0 heterocycles. The minimum Gasteiger partial charge on any atom is -0.395 e. The van der Waals surface area contributed by atoms with E-state index in [0.717, 1.165) is 5.69 Å². The molecular formula is C12H20N2O. The smallest absolute Gasteiger partial charge is 0.0599 e. The van der Waals surface area contributed by atoms with Gasteiger partial charge in [0.25, 0.3) is 0 Å². The first-order valence-corrected chi connectivity index (χ1v) is 5.34. The summed E-state index contributed by atoms with van der Waals surface area (Å²) in [5, 5.41) is 12.1. The van der Waals surface area contributed by atoms with Crippen molar-refractivity contribution >= 4 is 5.69 Å². The first-order valence-electron chi connectivity index (χ1n) is 5.34. The fourth-order valence-electron chi connectivity index (χ4n) is 1.47. The van der Waals surface area contributed by atoms with Crippen molar-refractivity contribution in [1.29, 1.82) is 0 Å². The molecule has 1 rings (SSSR count). The second-order valence-corrected chi connectivity index (χ2v) is 4.07. The molecule has 0 aliphatic heterocycles. The third-order valence-corrected chi connectivity index (χ3v) is 2.37. The average Bonchev–Trinajstić information content (AvgIpc) is 2.26. The standard InChI is InChI=1S/C12H20N2O/c1-9(2)11-5-3-4-6-12(11)14-7-10(13)8-15/h3-6,9-10,14-15H,7-8,13H2,1-2H3. The molecule has 0 radical (unpaired) electrons. The fourth-order valence-corrected chi connectivity index (χ4v) is 1.47. The van der Waals surface area contributed by atoms with E-state index in [2.05, 4.69) is 25.2 Å². The van der Waals surface area contributed by atoms with E-state index in [1.54, 1.807) is 0 Å². The van der Waals surface area contributed by atoms with Crippen LogP contribution in [0.3, 0.4) is 0 Å². The summed E-state index contributed by atoms with van der Waals surface area (Å²) < 4.78 is 0. The molecule has 1 atom stereocenters. The summed E-state index contributed by atoms with van der Waals surface area (Å²) in [5.74, 6) is 0.485. The molecule has 0 amide bonds. The van der Waals surface area contributed by atoms with Crippen LogP contribution in [0.4, 0.5) is 5.69 Å². The van der Waals surface area contributed by atoms with Crippen molar-refractivity contribution < 1.29 is 5.11 Å². The zero-order valence-electron chi connectivity index (χ0n) is 9.40. The highest BCUT2D eigenvalue weighted by atomic mass is 16.3. The van der Waals surface area contributed by atoms with E-state index >= 15 is 0 Å². The van der Waals surface area contributed by atoms with Gasteiger partial charge in [0.15, 0.2) is 0 Å². The van der Waals surface area contributed by atoms with Crippen LogP contribution in [-0.4, -0.2) is 24.3 Å². The van der Waals surface area contributed by atoms with Crippen LogP contribution < -0.4 is 11.1 Å². The van der Waals surface area contributed by atoms with Crippen LogP contribution >= 0.6 is 0 Å². The molecule has 0 bridgehead atoms. The van der Waals surface area contributed by atoms with Gasteiger partial charge in [0.05, 0.1) is 6.61 Å². The third kappa shape index (κ3) is 3.53. The molecule has 0 aliphatic carbocycles. The Labute approximate surface area is 91.3 Å². The number of hydrogen-bond acceptors (Lipinski definition) is 3. The van der Waals surface area contributed by atoms with Crippen LogP contribution in [-0.2, 0) is 0 Å². The van der Waals surface area contributed by atoms with Crippen molar-refractivity contribution in [2.24, 2.45) is 5.73 Å². The highest BCUT2D eigenvalue weighted by molar-refractivity contribution is 5.52. The number of aliphatic hydroxyl groups is 1. The van der Waals surface area contributed by atoms with Crippen molar-refractivity contribution in [2.75, 3.05) is 18.5 Å². The summed E-state index contributed by atoms with van der Waals surface area (Å²) in [6.07, 6.45) is 0. The quantitative estimate of drug-likeness (QED) is 0.688. The summed E-state index contributed by atoms with van der Waals surface area (Å²) in [5.41, 5.74) is 8.02. The van der Waals surface area contributed by atoms with Gasteiger partial charge in [-0.25, -0.2) is 0 Å². The molecule has 0 spiro atoms. The molecule has 0 aliphatic rings. The van der Waals surface area contributed by atoms with Gasteiger partial charge in [-0.1, -0.05) is 32.0 Å². The van der Waals surface area contributed by atoms with Crippen LogP contribution in [0.1, 0.15) is 25.3 Å². The van der Waals surface area contributed by atoms with E-state index in [1.165, 1.54) is 5.56 Å². The van der Waals surface area contributed by atoms with Crippen molar-refractivity contribution in [1.82, 2.24) is 0 Å². The lowest BCUT2D eigenvalue weighted by Gasteiger charge is -2.16. The van der Waals surface area contributed by atoms with E-state index in [9.17, 15) is 0 Å². The van der Waals surface area contributed by atoms with E-state index in [1.807, 2.05) is 18.2 Å². The van der Waals surface area contributed by atoms with E-state index in [-0.39, 0.29) is 12.6 Å². The Balaban J connectivity index is 2.67. The van der Waals surface area contributed by atoms with Crippen molar-refractivity contribution in [3.8, 4) is 0 Å². The van der Waals surface area contributed by atoms with E-state index < -0.39 is 0 Å². The summed E-state index contributed by atoms with van der Waals surface area (Å²) in [6.45, 7) is 4.93. The highest BCUT2D eigenvalue weighted by Gasteiger charge is 2.06. The lowest BCUT2D eigenvalue weighted by molar-refractivity contribution is 0.270. The Hall–Kier alpha value is -1.06. The molecular weight excluding hydrogens is 188 g/mol. The number of anilines is 1. The zero-order valence-corrected chi connectivity index (χ0v) is 9.40. The molecule has 0 aromatic heterocycles. The predicted octanol–water partition coefficient (Wildman–Crippen LogP) is 1.54. The fraction of sp³-hybridized carbons (Fsp3) is 0.500. The van der Waals surface area contributed by atoms with Crippen LogP contribution in [0.15, 0.2) is 24.3 Å². The molecule has 4 N–H and O–H groups in total. The lowest BCUT2D eigenvalue weighted by atomic mass is 10.0. The first-order chi connectivity index (χ1) is 7.15. The van der Waals surface area contributed by atoms with Crippen LogP contribution in [0.5, 0.6) is 0 Å². The van der Waals surface area contributed by atoms with Gasteiger partial charge in [0.1, 0.15) is 0 Å². The normalized spacial score (nSPS) is 12.9. The largest absolute Gasteiger partial charge is 0.395 e. The van der Waals surface area contributed by atoms with E-state index in [0.29, 0.717) is 12.5 Å². The predicted molar refractivity (Wildman–Crippen MR) is 64.1 cm³/mol. The van der Waals surface area contributed by atoms with Crippen LogP contribution in [0.25, 0.3) is 0 Å². The Kier molecular flexibility index (Phi) is 4.59. The van der Waals surface area contributed by atoms with Crippen LogP contribution in [0, 0.1) is 0 Å². The van der Waals surface area contributed by atoms with Gasteiger partial charge in [-0.05, 0) is 17.5 Å². The second kappa shape index (κ2) is 5.73. The lowest BCUT2D eigenvalue weighted by Crippen LogP contribution is -2.32. The number of hydrogen-bond donors (Lipinski definition) is 3. The topological polar surface area (TPSA) is 58.3 Å². The number of para-hydroxylation sites is 1. The summed E-state index contributed by atoms with van der Waals surface area (Å²) >= 11 is 0. The Morgan fingerprint density at radius 3 is 2.60 bits per heavy atom. The Morgan fingerprint density at radius 1 is 1.33 bits per heavy atom. The number of rotatable bonds is 5. The minimum atomic E-state index is -0.204. The van der Waals surface area contributed by atoms with Gasteiger partial charge in [0, 0.05) is 18.3 Å². The van der Waals surface area contributed by atoms with Crippen molar-refractivity contribution in [3.63, 3.8) is 0 Å². The number of benzene rings is 1. The number of nitrogens with one attached hydrogen (secondary N) is 1. The van der Waals surface area contributed by atoms with Crippen molar-refractivity contribution in [3.05, 3.63) is 29.8 Å². The summed E-state index contributed by atoms with van der Waals surface area (Å²) in [6, 6.07) is 7.98. The third-order valence-electron chi connectivity index (χ3n) is 2.37. The van der Waals surface area contributed by atoms with Gasteiger partial charge < -0.3 is 16.2 Å². The van der Waals surface area contributed by atoms with Crippen molar-refractivity contribution in [2.45, 2.75) is 25.8 Å². The molecule has 0 saturated heterocycles. The molecule has 0 saturated carbocycles. The van der Waals surface area contributed by atoms with Crippen LogP contribution in [0.2, 0.25) is 0 Å². The van der Waals surface area contributed by atoms with Gasteiger partial charge >= 0.3 is 0 Å². The number of nitrogens with two attached hydrogens (primary N) is 1. The molecule has 0 fully saturated rings.